The van der Waals surface area contributed by atoms with E-state index in [9.17, 15) is 14.7 Å². The van der Waals surface area contributed by atoms with Crippen LogP contribution in [0.25, 0.3) is 0 Å². The number of carbonyl (C=O) groups excluding carboxylic acids is 2. The fraction of sp³-hybridized carbons (Fsp3) is 0. The van der Waals surface area contributed by atoms with Crippen molar-refractivity contribution >= 4 is 11.9 Å². The number of ether oxygens (including phenoxy) is 2. The smallest absolute Gasteiger partial charge is 0.389 e. The van der Waals surface area contributed by atoms with Crippen molar-refractivity contribution < 1.29 is 24.2 Å². The van der Waals surface area contributed by atoms with Gasteiger partial charge in [0.2, 0.25) is 0 Å². The normalized spacial score (nSPS) is 8.59. The van der Waals surface area contributed by atoms with E-state index in [2.05, 4.69) is 9.47 Å². The first-order chi connectivity index (χ1) is 8.05. The van der Waals surface area contributed by atoms with Gasteiger partial charge < -0.3 is 14.6 Å². The number of rotatable bonds is 2. The van der Waals surface area contributed by atoms with E-state index in [1.165, 1.54) is 6.07 Å². The van der Waals surface area contributed by atoms with Crippen LogP contribution in [0.4, 0.5) is 0 Å². The second kappa shape index (κ2) is 5.24. The lowest BCUT2D eigenvalue weighted by Crippen LogP contribution is -2.06. The SMILES string of the molecule is C#CC(=O)Oc1cc(O)cc(OC(=O)C#C)c1. The van der Waals surface area contributed by atoms with Crippen molar-refractivity contribution in [2.45, 2.75) is 0 Å². The molecule has 0 aliphatic carbocycles. The molecule has 0 unspecified atom stereocenters. The van der Waals surface area contributed by atoms with Gasteiger partial charge in [0.05, 0.1) is 0 Å². The first-order valence-electron chi connectivity index (χ1n) is 4.26. The molecular formula is C12H6O5. The maximum Gasteiger partial charge on any atom is 0.389 e. The van der Waals surface area contributed by atoms with Crippen LogP contribution in [0.3, 0.4) is 0 Å². The summed E-state index contributed by atoms with van der Waals surface area (Å²) in [5.41, 5.74) is 0. The van der Waals surface area contributed by atoms with Gasteiger partial charge in [-0.05, 0) is 0 Å². The zero-order valence-corrected chi connectivity index (χ0v) is 8.47. The lowest BCUT2D eigenvalue weighted by molar-refractivity contribution is -0.128. The van der Waals surface area contributed by atoms with E-state index in [0.717, 1.165) is 12.1 Å². The molecule has 17 heavy (non-hydrogen) atoms. The Labute approximate surface area is 97.0 Å². The van der Waals surface area contributed by atoms with Crippen molar-refractivity contribution in [1.82, 2.24) is 0 Å². The van der Waals surface area contributed by atoms with E-state index < -0.39 is 11.9 Å². The molecule has 5 nitrogen and oxygen atoms in total. The summed E-state index contributed by atoms with van der Waals surface area (Å²) in [6.07, 6.45) is 9.60. The van der Waals surface area contributed by atoms with Crippen LogP contribution in [-0.4, -0.2) is 17.0 Å². The molecule has 1 rings (SSSR count). The number of benzene rings is 1. The van der Waals surface area contributed by atoms with Gasteiger partial charge in [-0.3, -0.25) is 0 Å². The molecular weight excluding hydrogens is 224 g/mol. The molecule has 0 bridgehead atoms. The highest BCUT2D eigenvalue weighted by Gasteiger charge is 2.08. The molecule has 0 heterocycles. The van der Waals surface area contributed by atoms with Crippen LogP contribution in [-0.2, 0) is 9.59 Å². The molecule has 84 valence electrons. The van der Waals surface area contributed by atoms with Crippen LogP contribution < -0.4 is 9.47 Å². The number of hydrogen-bond acceptors (Lipinski definition) is 5. The Balaban J connectivity index is 2.95. The second-order valence-electron chi connectivity index (χ2n) is 2.73. The van der Waals surface area contributed by atoms with E-state index in [-0.39, 0.29) is 17.2 Å². The highest BCUT2D eigenvalue weighted by Crippen LogP contribution is 2.26. The van der Waals surface area contributed by atoms with Crippen LogP contribution in [0, 0.1) is 24.7 Å². The molecule has 0 saturated carbocycles. The molecule has 1 aromatic carbocycles. The van der Waals surface area contributed by atoms with Gasteiger partial charge in [0, 0.05) is 30.0 Å². The molecule has 0 amide bonds. The van der Waals surface area contributed by atoms with Crippen LogP contribution >= 0.6 is 0 Å². The summed E-state index contributed by atoms with van der Waals surface area (Å²) in [7, 11) is 0. The quantitative estimate of drug-likeness (QED) is 0.346. The van der Waals surface area contributed by atoms with E-state index >= 15 is 0 Å². The number of phenols is 1. The Morgan fingerprint density at radius 2 is 1.41 bits per heavy atom. The average molecular weight is 230 g/mol. The molecule has 0 spiro atoms. The second-order valence-corrected chi connectivity index (χ2v) is 2.73. The summed E-state index contributed by atoms with van der Waals surface area (Å²) >= 11 is 0. The minimum Gasteiger partial charge on any atom is -0.508 e. The van der Waals surface area contributed by atoms with Crippen LogP contribution in [0.15, 0.2) is 18.2 Å². The molecule has 1 aromatic rings. The number of terminal acetylenes is 2. The highest BCUT2D eigenvalue weighted by atomic mass is 16.5. The molecule has 1 N–H and O–H groups in total. The number of esters is 2. The zero-order valence-electron chi connectivity index (χ0n) is 8.47. The summed E-state index contributed by atoms with van der Waals surface area (Å²) in [5.74, 6) is 1.17. The summed E-state index contributed by atoms with van der Waals surface area (Å²) in [5, 5.41) is 9.28. The van der Waals surface area contributed by atoms with Crippen LogP contribution in [0.2, 0.25) is 0 Å². The van der Waals surface area contributed by atoms with Crippen LogP contribution in [0.5, 0.6) is 17.2 Å². The lowest BCUT2D eigenvalue weighted by Gasteiger charge is -2.05. The van der Waals surface area contributed by atoms with Gasteiger partial charge in [-0.25, -0.2) is 9.59 Å². The monoisotopic (exact) mass is 230 g/mol. The predicted molar refractivity (Wildman–Crippen MR) is 57.0 cm³/mol. The summed E-state index contributed by atoms with van der Waals surface area (Å²) in [6, 6.07) is 3.44. The van der Waals surface area contributed by atoms with Crippen LogP contribution in [0.1, 0.15) is 0 Å². The van der Waals surface area contributed by atoms with E-state index in [0.29, 0.717) is 0 Å². The van der Waals surface area contributed by atoms with Crippen molar-refractivity contribution in [2.24, 2.45) is 0 Å². The molecule has 0 saturated heterocycles. The molecule has 5 heteroatoms. The van der Waals surface area contributed by atoms with Crippen molar-refractivity contribution in [3.05, 3.63) is 18.2 Å². The maximum absolute atomic E-state index is 10.8. The first-order valence-corrected chi connectivity index (χ1v) is 4.26. The molecule has 0 fully saturated rings. The summed E-state index contributed by atoms with van der Waals surface area (Å²) in [6.45, 7) is 0. The lowest BCUT2D eigenvalue weighted by atomic mass is 10.3. The topological polar surface area (TPSA) is 72.8 Å². The zero-order chi connectivity index (χ0) is 12.8. The fourth-order valence-corrected chi connectivity index (χ4v) is 0.948. The Morgan fingerprint density at radius 1 is 1.00 bits per heavy atom. The predicted octanol–water partition coefficient (Wildman–Crippen LogP) is 0.469. The Morgan fingerprint density at radius 3 is 1.76 bits per heavy atom. The van der Waals surface area contributed by atoms with Gasteiger partial charge in [0.15, 0.2) is 0 Å². The Kier molecular flexibility index (Phi) is 3.75. The van der Waals surface area contributed by atoms with Crippen molar-refractivity contribution in [3.63, 3.8) is 0 Å². The standard InChI is InChI=1S/C12H6O5/c1-3-11(14)16-9-5-8(13)6-10(7-9)17-12(15)4-2/h1-2,5-7,13H. The van der Waals surface area contributed by atoms with Crippen molar-refractivity contribution in [1.29, 1.82) is 0 Å². The van der Waals surface area contributed by atoms with Gasteiger partial charge >= 0.3 is 11.9 Å². The first kappa shape index (κ1) is 12.2. The number of hydrogen-bond donors (Lipinski definition) is 1. The molecule has 0 radical (unpaired) electrons. The molecule has 0 aliphatic heterocycles. The summed E-state index contributed by atoms with van der Waals surface area (Å²) in [4.78, 5) is 21.6. The minimum atomic E-state index is -0.940. The van der Waals surface area contributed by atoms with Gasteiger partial charge in [-0.1, -0.05) is 0 Å². The van der Waals surface area contributed by atoms with Crippen molar-refractivity contribution in [2.75, 3.05) is 0 Å². The van der Waals surface area contributed by atoms with Gasteiger partial charge in [0.25, 0.3) is 0 Å². The van der Waals surface area contributed by atoms with E-state index in [4.69, 9.17) is 12.8 Å². The maximum atomic E-state index is 10.8. The number of aromatic hydroxyl groups is 1. The highest BCUT2D eigenvalue weighted by molar-refractivity contribution is 5.90. The third-order valence-corrected chi connectivity index (χ3v) is 1.52. The average Bonchev–Trinajstić information content (AvgIpc) is 2.27. The Bertz CT molecular complexity index is 499. The van der Waals surface area contributed by atoms with E-state index in [1.807, 2.05) is 0 Å². The number of phenolic OH excluding ortho intramolecular Hbond substituents is 1. The third kappa shape index (κ3) is 3.61. The summed E-state index contributed by atoms with van der Waals surface area (Å²) < 4.78 is 9.24. The molecule has 0 aromatic heterocycles. The molecule has 0 aliphatic rings. The van der Waals surface area contributed by atoms with Gasteiger partial charge in [0.1, 0.15) is 17.2 Å². The fourth-order valence-electron chi connectivity index (χ4n) is 0.948. The minimum absolute atomic E-state index is 0.0622. The molecule has 0 atom stereocenters. The largest absolute Gasteiger partial charge is 0.508 e. The Hall–Kier alpha value is -2.92. The van der Waals surface area contributed by atoms with Crippen molar-refractivity contribution in [3.8, 4) is 41.9 Å². The number of carbonyl (C=O) groups is 2. The van der Waals surface area contributed by atoms with Gasteiger partial charge in [-0.15, -0.1) is 12.8 Å². The van der Waals surface area contributed by atoms with Gasteiger partial charge in [-0.2, -0.15) is 0 Å². The van der Waals surface area contributed by atoms with E-state index in [1.54, 1.807) is 11.8 Å². The third-order valence-electron chi connectivity index (χ3n) is 1.52.